The molecule has 0 N–H and O–H groups in total. The summed E-state index contributed by atoms with van der Waals surface area (Å²) in [6.07, 6.45) is 0. The van der Waals surface area contributed by atoms with Crippen molar-refractivity contribution in [2.75, 3.05) is 0 Å². The van der Waals surface area contributed by atoms with Gasteiger partial charge in [-0.05, 0) is 0 Å². The number of hydrogen-bond acceptors (Lipinski definition) is 4. The monoisotopic (exact) mass is 230 g/mol. The van der Waals surface area contributed by atoms with Gasteiger partial charge in [-0.3, -0.25) is 0 Å². The average molecular weight is 231 g/mol. The van der Waals surface area contributed by atoms with Crippen LogP contribution in [0.3, 0.4) is 0 Å². The molecule has 9 heteroatoms. The number of hydrogen-bond donors (Lipinski definition) is 0. The van der Waals surface area contributed by atoms with Crippen LogP contribution in [0.4, 0.5) is 0 Å². The molecule has 0 bridgehead atoms. The second kappa shape index (κ2) is 9.92. The third-order valence-corrected chi connectivity index (χ3v) is 6.65. The van der Waals surface area contributed by atoms with Crippen LogP contribution in [-0.2, 0) is 16.5 Å². The third kappa shape index (κ3) is 8.92. The third-order valence-electron chi connectivity index (χ3n) is 0.739. The normalized spacial score (nSPS) is 15.3. The highest BCUT2D eigenvalue weighted by molar-refractivity contribution is 6.46. The predicted molar refractivity (Wildman–Crippen MR) is 54.3 cm³/mol. The van der Waals surface area contributed by atoms with Gasteiger partial charge in [-0.15, -0.1) is 0 Å². The van der Waals surface area contributed by atoms with Crippen LogP contribution in [0, 0.1) is 0 Å². The zero-order valence-electron chi connectivity index (χ0n) is 6.46. The lowest BCUT2D eigenvalue weighted by Crippen LogP contribution is -2.15. The average Bonchev–Trinajstić information content (AvgIpc) is 1.97. The Kier molecular flexibility index (Phi) is 10.8. The van der Waals surface area contributed by atoms with Gasteiger partial charge in [-0.1, -0.05) is 6.55 Å². The van der Waals surface area contributed by atoms with Crippen LogP contribution in [0.5, 0.6) is 0 Å². The van der Waals surface area contributed by atoms with Crippen molar-refractivity contribution in [2.24, 2.45) is 0 Å². The largest absolute Gasteiger partial charge is 0.449 e. The van der Waals surface area contributed by atoms with E-state index in [0.29, 0.717) is 0 Å². The van der Waals surface area contributed by atoms with Crippen LogP contribution in [-0.4, -0.2) is 50.3 Å². The fraction of sp³-hybridized carbons (Fsp3) is 1.00. The lowest BCUT2D eigenvalue weighted by Gasteiger charge is -2.03. The first-order valence-corrected chi connectivity index (χ1v) is 9.41. The molecule has 0 saturated carbocycles. The summed E-state index contributed by atoms with van der Waals surface area (Å²) in [7, 11) is -1.41. The molecule has 0 fully saturated rings. The van der Waals surface area contributed by atoms with E-state index in [9.17, 15) is 0 Å². The molecular weight excluding hydrogens is 216 g/mol. The fourth-order valence-electron chi connectivity index (χ4n) is 0.353. The highest BCUT2D eigenvalue weighted by Gasteiger charge is 1.88. The van der Waals surface area contributed by atoms with E-state index in [1.54, 1.807) is 0 Å². The van der Waals surface area contributed by atoms with Gasteiger partial charge in [0.25, 0.3) is 30.0 Å². The minimum absolute atomic E-state index is 0.235. The Morgan fingerprint density at radius 1 is 1.00 bits per heavy atom. The van der Waals surface area contributed by atoms with Gasteiger partial charge in [-0.25, -0.2) is 0 Å². The van der Waals surface area contributed by atoms with Gasteiger partial charge < -0.3 is 16.5 Å². The maximum atomic E-state index is 5.21. The SMILES string of the molecule is C[SiH2]O[SiH2]O[SiH2]O[SiH2]O[SiH3]. The van der Waals surface area contributed by atoms with E-state index in [1.165, 1.54) is 0 Å². The summed E-state index contributed by atoms with van der Waals surface area (Å²) in [5.74, 6) is 0. The summed E-state index contributed by atoms with van der Waals surface area (Å²) >= 11 is 0. The first-order chi connectivity index (χ1) is 4.91. The molecule has 0 saturated heterocycles. The first-order valence-electron chi connectivity index (χ1n) is 3.14. The van der Waals surface area contributed by atoms with E-state index in [-0.39, 0.29) is 9.76 Å². The zero-order chi connectivity index (χ0) is 7.66. The summed E-state index contributed by atoms with van der Waals surface area (Å²) in [5.41, 5.74) is 0. The molecule has 0 amide bonds. The first kappa shape index (κ1) is 10.9. The highest BCUT2D eigenvalue weighted by atomic mass is 28.4. The van der Waals surface area contributed by atoms with Gasteiger partial charge in [0, 0.05) is 0 Å². The Labute approximate surface area is 73.6 Å². The van der Waals surface area contributed by atoms with E-state index in [1.807, 2.05) is 0 Å². The van der Waals surface area contributed by atoms with Crippen LogP contribution in [0.15, 0.2) is 0 Å². The van der Waals surface area contributed by atoms with Gasteiger partial charge in [0.15, 0.2) is 0 Å². The Bertz CT molecular complexity index is 53.6. The summed E-state index contributed by atoms with van der Waals surface area (Å²) in [6, 6.07) is 0. The Hall–Kier alpha value is 0.924. The standard InChI is InChI=1S/CH14O4Si5/c1-7-3-9-5-10-4-8-2-6/h7-10H2,1,6H3. The van der Waals surface area contributed by atoms with Gasteiger partial charge in [0.1, 0.15) is 20.2 Å². The van der Waals surface area contributed by atoms with Gasteiger partial charge in [-0.2, -0.15) is 0 Å². The van der Waals surface area contributed by atoms with E-state index in [0.717, 1.165) is 10.5 Å². The molecule has 10 heavy (non-hydrogen) atoms. The Balaban J connectivity index is 2.65. The quantitative estimate of drug-likeness (QED) is 0.326. The van der Waals surface area contributed by atoms with E-state index >= 15 is 0 Å². The molecule has 0 aliphatic heterocycles. The summed E-state index contributed by atoms with van der Waals surface area (Å²) in [4.78, 5) is 0. The van der Waals surface area contributed by atoms with Crippen LogP contribution in [0.25, 0.3) is 0 Å². The van der Waals surface area contributed by atoms with Crippen LogP contribution in [0.2, 0.25) is 6.55 Å². The van der Waals surface area contributed by atoms with Crippen LogP contribution >= 0.6 is 0 Å². The summed E-state index contributed by atoms with van der Waals surface area (Å²) in [6.45, 7) is 2.11. The molecule has 0 spiro atoms. The summed E-state index contributed by atoms with van der Waals surface area (Å²) < 4.78 is 20.5. The molecule has 0 atom stereocenters. The topological polar surface area (TPSA) is 36.9 Å². The molecule has 0 aromatic rings. The molecule has 0 rings (SSSR count). The smallest absolute Gasteiger partial charge is 0.286 e. The van der Waals surface area contributed by atoms with Crippen molar-refractivity contribution in [2.45, 2.75) is 6.55 Å². The van der Waals surface area contributed by atoms with Crippen molar-refractivity contribution < 1.29 is 16.5 Å². The fourth-order valence-corrected chi connectivity index (χ4v) is 6.79. The van der Waals surface area contributed by atoms with E-state index in [2.05, 4.69) is 6.55 Å². The van der Waals surface area contributed by atoms with Gasteiger partial charge in [0.2, 0.25) is 0 Å². The molecule has 0 radical (unpaired) electrons. The maximum absolute atomic E-state index is 5.21. The van der Waals surface area contributed by atoms with Crippen LogP contribution < -0.4 is 0 Å². The second-order valence-electron chi connectivity index (χ2n) is 1.54. The minimum atomic E-state index is -0.702. The molecule has 0 aliphatic rings. The van der Waals surface area contributed by atoms with Crippen molar-refractivity contribution in [3.8, 4) is 0 Å². The van der Waals surface area contributed by atoms with Crippen molar-refractivity contribution in [1.82, 2.24) is 0 Å². The molecular formula is CH14O4Si5. The zero-order valence-corrected chi connectivity index (χ0v) is 14.1. The van der Waals surface area contributed by atoms with Crippen molar-refractivity contribution in [3.63, 3.8) is 0 Å². The highest BCUT2D eigenvalue weighted by Crippen LogP contribution is 1.71. The van der Waals surface area contributed by atoms with Crippen molar-refractivity contribution >= 4 is 50.3 Å². The lowest BCUT2D eigenvalue weighted by molar-refractivity contribution is 0.408. The molecule has 0 heterocycles. The summed E-state index contributed by atoms with van der Waals surface area (Å²) in [5, 5.41) is 0. The van der Waals surface area contributed by atoms with E-state index in [4.69, 9.17) is 16.5 Å². The van der Waals surface area contributed by atoms with Crippen molar-refractivity contribution in [3.05, 3.63) is 0 Å². The lowest BCUT2D eigenvalue weighted by atomic mass is 11.9. The van der Waals surface area contributed by atoms with Crippen LogP contribution in [0.1, 0.15) is 0 Å². The van der Waals surface area contributed by atoms with Crippen molar-refractivity contribution in [1.29, 1.82) is 0 Å². The van der Waals surface area contributed by atoms with Gasteiger partial charge in [0.05, 0.1) is 0 Å². The Morgan fingerprint density at radius 2 is 1.60 bits per heavy atom. The Morgan fingerprint density at radius 3 is 2.20 bits per heavy atom. The maximum Gasteiger partial charge on any atom is 0.286 e. The molecule has 0 aromatic heterocycles. The van der Waals surface area contributed by atoms with E-state index < -0.39 is 30.0 Å². The minimum Gasteiger partial charge on any atom is -0.449 e. The molecule has 0 aromatic carbocycles. The molecule has 62 valence electrons. The molecule has 0 aliphatic carbocycles. The molecule has 4 nitrogen and oxygen atoms in total. The number of rotatable bonds is 7. The second-order valence-corrected chi connectivity index (χ2v) is 10.0. The predicted octanol–water partition coefficient (Wildman–Crippen LogP) is -4.54. The van der Waals surface area contributed by atoms with Gasteiger partial charge >= 0.3 is 0 Å². The molecule has 0 unspecified atom stereocenters.